The zero-order chi connectivity index (χ0) is 17.4. The summed E-state index contributed by atoms with van der Waals surface area (Å²) in [5.74, 6) is -0.183. The van der Waals surface area contributed by atoms with Crippen molar-refractivity contribution in [2.45, 2.75) is 44.6 Å². The average molecular weight is 390 g/mol. The maximum absolute atomic E-state index is 12.5. The van der Waals surface area contributed by atoms with Gasteiger partial charge in [-0.15, -0.1) is 0 Å². The molecule has 0 aromatic heterocycles. The Morgan fingerprint density at radius 1 is 1.38 bits per heavy atom. The maximum Gasteiger partial charge on any atom is 0.265 e. The second-order valence-electron chi connectivity index (χ2n) is 6.17. The van der Waals surface area contributed by atoms with Gasteiger partial charge in [-0.25, -0.2) is 0 Å². The topological polar surface area (TPSA) is 56.1 Å². The molecular weight excluding hydrogens is 366 g/mol. The summed E-state index contributed by atoms with van der Waals surface area (Å²) in [6.07, 6.45) is 8.03. The molecule has 0 radical (unpaired) electrons. The van der Waals surface area contributed by atoms with E-state index in [1.54, 1.807) is 11.1 Å². The van der Waals surface area contributed by atoms with Crippen molar-refractivity contribution in [2.75, 3.05) is 13.6 Å². The minimum Gasteiger partial charge on any atom is -0.389 e. The van der Waals surface area contributed by atoms with Crippen LogP contribution in [0, 0.1) is 11.3 Å². The molecule has 0 bridgehead atoms. The summed E-state index contributed by atoms with van der Waals surface area (Å²) >= 11 is 3.52. The molecule has 0 aliphatic heterocycles. The average Bonchev–Trinajstić information content (AvgIpc) is 2.63. The molecule has 0 atom stereocenters. The minimum atomic E-state index is -0.183. The molecule has 1 aliphatic carbocycles. The van der Waals surface area contributed by atoms with Crippen LogP contribution in [0.15, 0.2) is 40.5 Å². The molecular formula is C19H24BrN3O. The van der Waals surface area contributed by atoms with Crippen LogP contribution in [0.1, 0.15) is 37.7 Å². The predicted molar refractivity (Wildman–Crippen MR) is 99.2 cm³/mol. The summed E-state index contributed by atoms with van der Waals surface area (Å²) in [5, 5.41) is 12.4. The lowest BCUT2D eigenvalue weighted by molar-refractivity contribution is -0.128. The first-order valence-corrected chi connectivity index (χ1v) is 9.27. The van der Waals surface area contributed by atoms with Crippen LogP contribution in [0.3, 0.4) is 0 Å². The number of nitrogens with one attached hydrogen (secondary N) is 1. The summed E-state index contributed by atoms with van der Waals surface area (Å²) < 4.78 is 1.07. The van der Waals surface area contributed by atoms with Gasteiger partial charge in [0, 0.05) is 30.3 Å². The fraction of sp³-hybridized carbons (Fsp3) is 0.474. The van der Waals surface area contributed by atoms with Gasteiger partial charge in [0.1, 0.15) is 11.6 Å². The van der Waals surface area contributed by atoms with E-state index in [0.717, 1.165) is 36.6 Å². The van der Waals surface area contributed by atoms with Crippen molar-refractivity contribution in [2.24, 2.45) is 0 Å². The van der Waals surface area contributed by atoms with Gasteiger partial charge in [0.25, 0.3) is 5.91 Å². The standard InChI is InChI=1S/C19H24BrN3O/c1-23(17-8-3-2-4-9-17)19(24)16(13-21)14-22-12-11-15-7-5-6-10-18(15)20/h5-7,10,14,17,22H,2-4,8-9,11-12H2,1H3/b16-14-. The van der Waals surface area contributed by atoms with Crippen molar-refractivity contribution >= 4 is 21.8 Å². The van der Waals surface area contributed by atoms with Gasteiger partial charge in [0.15, 0.2) is 0 Å². The van der Waals surface area contributed by atoms with Gasteiger partial charge in [-0.05, 0) is 30.9 Å². The van der Waals surface area contributed by atoms with Crippen LogP contribution in [0.5, 0.6) is 0 Å². The van der Waals surface area contributed by atoms with E-state index in [0.29, 0.717) is 6.54 Å². The van der Waals surface area contributed by atoms with E-state index in [2.05, 4.69) is 27.3 Å². The minimum absolute atomic E-state index is 0.176. The van der Waals surface area contributed by atoms with Crippen molar-refractivity contribution in [3.63, 3.8) is 0 Å². The number of halogens is 1. The molecule has 128 valence electrons. The summed E-state index contributed by atoms with van der Waals surface area (Å²) in [6.45, 7) is 0.675. The Hall–Kier alpha value is -1.80. The molecule has 1 amide bonds. The molecule has 0 heterocycles. The van der Waals surface area contributed by atoms with E-state index in [1.165, 1.54) is 12.0 Å². The highest BCUT2D eigenvalue weighted by Gasteiger charge is 2.24. The van der Waals surface area contributed by atoms with E-state index in [1.807, 2.05) is 31.3 Å². The zero-order valence-corrected chi connectivity index (χ0v) is 15.7. The summed E-state index contributed by atoms with van der Waals surface area (Å²) in [7, 11) is 1.81. The molecule has 1 aromatic rings. The number of likely N-dealkylation sites (N-methyl/N-ethyl adjacent to an activating group) is 1. The summed E-state index contributed by atoms with van der Waals surface area (Å²) in [5.41, 5.74) is 1.37. The van der Waals surface area contributed by atoms with Crippen LogP contribution in [0.4, 0.5) is 0 Å². The lowest BCUT2D eigenvalue weighted by Gasteiger charge is -2.31. The van der Waals surface area contributed by atoms with E-state index in [-0.39, 0.29) is 17.5 Å². The third kappa shape index (κ3) is 5.10. The molecule has 1 aromatic carbocycles. The molecule has 4 nitrogen and oxygen atoms in total. The molecule has 5 heteroatoms. The fourth-order valence-electron chi connectivity index (χ4n) is 3.05. The highest BCUT2D eigenvalue weighted by Crippen LogP contribution is 2.22. The molecule has 0 unspecified atom stereocenters. The van der Waals surface area contributed by atoms with Crippen molar-refractivity contribution in [3.05, 3.63) is 46.1 Å². The zero-order valence-electron chi connectivity index (χ0n) is 14.1. The highest BCUT2D eigenvalue weighted by molar-refractivity contribution is 9.10. The molecule has 1 fully saturated rings. The number of nitriles is 1. The molecule has 2 rings (SSSR count). The Bertz CT molecular complexity index is 630. The second kappa shape index (κ2) is 9.48. The Morgan fingerprint density at radius 3 is 2.75 bits per heavy atom. The van der Waals surface area contributed by atoms with Crippen LogP contribution in [0.25, 0.3) is 0 Å². The monoisotopic (exact) mass is 389 g/mol. The van der Waals surface area contributed by atoms with Crippen LogP contribution < -0.4 is 5.32 Å². The van der Waals surface area contributed by atoms with Gasteiger partial charge in [0.2, 0.25) is 0 Å². The van der Waals surface area contributed by atoms with Crippen molar-refractivity contribution < 1.29 is 4.79 Å². The second-order valence-corrected chi connectivity index (χ2v) is 7.03. The molecule has 1 saturated carbocycles. The number of nitrogens with zero attached hydrogens (tertiary/aromatic N) is 2. The van der Waals surface area contributed by atoms with Gasteiger partial charge in [-0.2, -0.15) is 5.26 Å². The smallest absolute Gasteiger partial charge is 0.265 e. The van der Waals surface area contributed by atoms with Gasteiger partial charge >= 0.3 is 0 Å². The predicted octanol–water partition coefficient (Wildman–Crippen LogP) is 3.78. The highest BCUT2D eigenvalue weighted by atomic mass is 79.9. The SMILES string of the molecule is CN(C(=O)/C(C#N)=C\NCCc1ccccc1Br)C1CCCCC1. The Labute approximate surface area is 152 Å². The van der Waals surface area contributed by atoms with Gasteiger partial charge in [-0.3, -0.25) is 4.79 Å². The number of carbonyl (C=O) groups excluding carboxylic acids is 1. The van der Waals surface area contributed by atoms with Gasteiger partial charge in [0.05, 0.1) is 0 Å². The number of benzene rings is 1. The van der Waals surface area contributed by atoms with Crippen molar-refractivity contribution in [1.82, 2.24) is 10.2 Å². The Balaban J connectivity index is 1.87. The molecule has 24 heavy (non-hydrogen) atoms. The van der Waals surface area contributed by atoms with Crippen LogP contribution >= 0.6 is 15.9 Å². The molecule has 1 N–H and O–H groups in total. The quantitative estimate of drug-likeness (QED) is 0.457. The summed E-state index contributed by atoms with van der Waals surface area (Å²) in [4.78, 5) is 14.2. The van der Waals surface area contributed by atoms with Crippen molar-refractivity contribution in [3.8, 4) is 6.07 Å². The van der Waals surface area contributed by atoms with E-state index < -0.39 is 0 Å². The number of rotatable bonds is 6. The normalized spacial score (nSPS) is 15.6. The first-order chi connectivity index (χ1) is 11.6. The third-order valence-electron chi connectivity index (χ3n) is 4.54. The van der Waals surface area contributed by atoms with Crippen molar-refractivity contribution in [1.29, 1.82) is 5.26 Å². The van der Waals surface area contributed by atoms with E-state index in [4.69, 9.17) is 0 Å². The molecule has 1 aliphatic rings. The number of hydrogen-bond donors (Lipinski definition) is 1. The lowest BCUT2D eigenvalue weighted by atomic mass is 9.94. The third-order valence-corrected chi connectivity index (χ3v) is 5.31. The van der Waals surface area contributed by atoms with Gasteiger partial charge in [-0.1, -0.05) is 53.4 Å². The van der Waals surface area contributed by atoms with Crippen LogP contribution in [-0.2, 0) is 11.2 Å². The fourth-order valence-corrected chi connectivity index (χ4v) is 3.53. The number of carbonyl (C=O) groups is 1. The summed E-state index contributed by atoms with van der Waals surface area (Å²) in [6, 6.07) is 10.3. The molecule has 0 spiro atoms. The van der Waals surface area contributed by atoms with E-state index in [9.17, 15) is 10.1 Å². The van der Waals surface area contributed by atoms with Gasteiger partial charge < -0.3 is 10.2 Å². The van der Waals surface area contributed by atoms with Crippen LogP contribution in [0.2, 0.25) is 0 Å². The van der Waals surface area contributed by atoms with E-state index >= 15 is 0 Å². The number of amides is 1. The Kier molecular flexibility index (Phi) is 7.33. The first-order valence-electron chi connectivity index (χ1n) is 8.47. The largest absolute Gasteiger partial charge is 0.389 e. The molecule has 0 saturated heterocycles. The number of hydrogen-bond acceptors (Lipinski definition) is 3. The first kappa shape index (κ1) is 18.5. The van der Waals surface area contributed by atoms with Crippen LogP contribution in [-0.4, -0.2) is 30.4 Å². The lowest BCUT2D eigenvalue weighted by Crippen LogP contribution is -2.39. The maximum atomic E-state index is 12.5. The Morgan fingerprint density at radius 2 is 2.08 bits per heavy atom.